The molecule has 0 nitrogen and oxygen atoms in total. The Kier molecular flexibility index (Phi) is 3.82. The van der Waals surface area contributed by atoms with Gasteiger partial charge in [0, 0.05) is 20.4 Å². The van der Waals surface area contributed by atoms with E-state index in [1.165, 1.54) is 20.9 Å². The summed E-state index contributed by atoms with van der Waals surface area (Å²) in [5.74, 6) is 0. The molecule has 4 heteroatoms. The summed E-state index contributed by atoms with van der Waals surface area (Å²) in [4.78, 5) is 2.82. The van der Waals surface area contributed by atoms with Crippen LogP contribution in [0, 0.1) is 0 Å². The Morgan fingerprint density at radius 2 is 1.29 bits per heavy atom. The maximum atomic E-state index is 3.52. The number of halogens is 2. The normalized spacial score (nSPS) is 10.7. The second kappa shape index (κ2) is 4.92. The van der Waals surface area contributed by atoms with E-state index in [1.54, 1.807) is 0 Å². The van der Waals surface area contributed by atoms with Crippen molar-refractivity contribution in [2.24, 2.45) is 0 Å². The first kappa shape index (κ1) is 10.9. The number of alkyl halides is 2. The summed E-state index contributed by atoms with van der Waals surface area (Å²) >= 11 is 10.7. The van der Waals surface area contributed by atoms with Crippen LogP contribution in [-0.2, 0) is 10.7 Å². The van der Waals surface area contributed by atoms with Crippen molar-refractivity contribution in [3.63, 3.8) is 0 Å². The lowest BCUT2D eigenvalue weighted by atomic mass is 10.2. The van der Waals surface area contributed by atoms with Crippen LogP contribution in [0.15, 0.2) is 22.9 Å². The van der Waals surface area contributed by atoms with Gasteiger partial charge in [-0.05, 0) is 34.0 Å². The minimum Gasteiger partial charge on any atom is -0.143 e. The van der Waals surface area contributed by atoms with Gasteiger partial charge in [-0.1, -0.05) is 31.9 Å². The summed E-state index contributed by atoms with van der Waals surface area (Å²) in [5, 5.41) is 6.18. The second-order valence-electron chi connectivity index (χ2n) is 2.82. The smallest absolute Gasteiger partial charge is 0.0486 e. The minimum absolute atomic E-state index is 0.936. The highest BCUT2D eigenvalue weighted by atomic mass is 79.9. The number of rotatable bonds is 3. The zero-order chi connectivity index (χ0) is 9.97. The summed E-state index contributed by atoms with van der Waals surface area (Å²) in [6.45, 7) is 0. The third kappa shape index (κ3) is 1.98. The van der Waals surface area contributed by atoms with E-state index >= 15 is 0 Å². The van der Waals surface area contributed by atoms with Gasteiger partial charge in [0.25, 0.3) is 0 Å². The van der Waals surface area contributed by atoms with Crippen molar-refractivity contribution in [3.05, 3.63) is 34.0 Å². The molecule has 2 aromatic heterocycles. The topological polar surface area (TPSA) is 0 Å². The van der Waals surface area contributed by atoms with Crippen LogP contribution in [0.4, 0.5) is 0 Å². The SMILES string of the molecule is BrCc1ccsc1-c1sccc1CBr. The fourth-order valence-corrected chi connectivity index (χ4v) is 4.67. The Morgan fingerprint density at radius 1 is 0.857 bits per heavy atom. The van der Waals surface area contributed by atoms with Crippen LogP contribution in [0.1, 0.15) is 11.1 Å². The van der Waals surface area contributed by atoms with Crippen molar-refractivity contribution >= 4 is 54.5 Å². The molecule has 0 atom stereocenters. The molecule has 0 spiro atoms. The van der Waals surface area contributed by atoms with E-state index < -0.39 is 0 Å². The summed E-state index contributed by atoms with van der Waals surface area (Å²) in [5.41, 5.74) is 2.78. The lowest BCUT2D eigenvalue weighted by molar-refractivity contribution is 1.47. The molecule has 0 amide bonds. The molecule has 0 N–H and O–H groups in total. The zero-order valence-electron chi connectivity index (χ0n) is 7.30. The first-order valence-electron chi connectivity index (χ1n) is 4.12. The molecule has 0 radical (unpaired) electrons. The van der Waals surface area contributed by atoms with E-state index in [0.717, 1.165) is 10.7 Å². The van der Waals surface area contributed by atoms with Crippen molar-refractivity contribution in [2.75, 3.05) is 0 Å². The molecule has 2 rings (SSSR count). The Hall–Kier alpha value is 0.360. The largest absolute Gasteiger partial charge is 0.143 e. The van der Waals surface area contributed by atoms with Crippen LogP contribution in [0.3, 0.4) is 0 Å². The molecule has 0 saturated carbocycles. The van der Waals surface area contributed by atoms with E-state index in [1.807, 2.05) is 22.7 Å². The van der Waals surface area contributed by atoms with Gasteiger partial charge < -0.3 is 0 Å². The van der Waals surface area contributed by atoms with Gasteiger partial charge in [-0.25, -0.2) is 0 Å². The molecule has 0 aromatic carbocycles. The highest BCUT2D eigenvalue weighted by Crippen LogP contribution is 2.37. The molecule has 74 valence electrons. The summed E-state index contributed by atoms with van der Waals surface area (Å²) in [7, 11) is 0. The standard InChI is InChI=1S/C10H8Br2S2/c11-5-7-1-3-13-9(7)10-8(6-12)2-4-14-10/h1-4H,5-6H2. The Bertz CT molecular complexity index is 377. The minimum atomic E-state index is 0.936. The van der Waals surface area contributed by atoms with Gasteiger partial charge in [-0.15, -0.1) is 22.7 Å². The molecule has 0 aliphatic rings. The lowest BCUT2D eigenvalue weighted by Crippen LogP contribution is -1.79. The van der Waals surface area contributed by atoms with Gasteiger partial charge in [-0.2, -0.15) is 0 Å². The Labute approximate surface area is 108 Å². The molecule has 2 heterocycles. The van der Waals surface area contributed by atoms with Gasteiger partial charge in [0.05, 0.1) is 0 Å². The lowest BCUT2D eigenvalue weighted by Gasteiger charge is -2.00. The van der Waals surface area contributed by atoms with Crippen molar-refractivity contribution in [3.8, 4) is 9.75 Å². The maximum Gasteiger partial charge on any atom is 0.0486 e. The van der Waals surface area contributed by atoms with Crippen LogP contribution in [0.25, 0.3) is 9.75 Å². The first-order chi connectivity index (χ1) is 6.86. The first-order valence-corrected chi connectivity index (χ1v) is 8.12. The predicted molar refractivity (Wildman–Crippen MR) is 72.9 cm³/mol. The van der Waals surface area contributed by atoms with Crippen molar-refractivity contribution in [1.82, 2.24) is 0 Å². The van der Waals surface area contributed by atoms with Crippen molar-refractivity contribution < 1.29 is 0 Å². The quantitative estimate of drug-likeness (QED) is 0.661. The predicted octanol–water partition coefficient (Wildman–Crippen LogP) is 5.27. The molecule has 0 aliphatic carbocycles. The van der Waals surface area contributed by atoms with E-state index in [-0.39, 0.29) is 0 Å². The molecule has 0 fully saturated rings. The molecule has 0 unspecified atom stereocenters. The maximum absolute atomic E-state index is 3.52. The highest BCUT2D eigenvalue weighted by Gasteiger charge is 2.10. The zero-order valence-corrected chi connectivity index (χ0v) is 12.1. The van der Waals surface area contributed by atoms with E-state index in [0.29, 0.717) is 0 Å². The third-order valence-electron chi connectivity index (χ3n) is 1.99. The van der Waals surface area contributed by atoms with Gasteiger partial charge in [0.15, 0.2) is 0 Å². The summed E-state index contributed by atoms with van der Waals surface area (Å²) in [6.07, 6.45) is 0. The van der Waals surface area contributed by atoms with Gasteiger partial charge in [-0.3, -0.25) is 0 Å². The van der Waals surface area contributed by atoms with E-state index in [2.05, 4.69) is 54.8 Å². The molecule has 0 aliphatic heterocycles. The average molecular weight is 352 g/mol. The van der Waals surface area contributed by atoms with Crippen LogP contribution in [-0.4, -0.2) is 0 Å². The van der Waals surface area contributed by atoms with Gasteiger partial charge >= 0.3 is 0 Å². The molecule has 0 bridgehead atoms. The Balaban J connectivity index is 2.48. The van der Waals surface area contributed by atoms with Crippen molar-refractivity contribution in [1.29, 1.82) is 0 Å². The summed E-state index contributed by atoms with van der Waals surface area (Å²) in [6, 6.07) is 4.37. The molecule has 2 aromatic rings. The number of thiophene rings is 2. The fraction of sp³-hybridized carbons (Fsp3) is 0.200. The van der Waals surface area contributed by atoms with Crippen LogP contribution in [0.2, 0.25) is 0 Å². The third-order valence-corrected chi connectivity index (χ3v) is 5.27. The number of hydrogen-bond donors (Lipinski definition) is 0. The van der Waals surface area contributed by atoms with E-state index in [4.69, 9.17) is 0 Å². The average Bonchev–Trinajstić information content (AvgIpc) is 2.85. The van der Waals surface area contributed by atoms with Gasteiger partial charge in [0.1, 0.15) is 0 Å². The Morgan fingerprint density at radius 3 is 1.64 bits per heavy atom. The highest BCUT2D eigenvalue weighted by molar-refractivity contribution is 9.08. The van der Waals surface area contributed by atoms with E-state index in [9.17, 15) is 0 Å². The molecular weight excluding hydrogens is 344 g/mol. The molecular formula is C10H8Br2S2. The van der Waals surface area contributed by atoms with Crippen molar-refractivity contribution in [2.45, 2.75) is 10.7 Å². The summed E-state index contributed by atoms with van der Waals surface area (Å²) < 4.78 is 0. The van der Waals surface area contributed by atoms with Crippen LogP contribution < -0.4 is 0 Å². The molecule has 14 heavy (non-hydrogen) atoms. The number of hydrogen-bond acceptors (Lipinski definition) is 2. The molecule has 0 saturated heterocycles. The van der Waals surface area contributed by atoms with Gasteiger partial charge in [0.2, 0.25) is 0 Å². The van der Waals surface area contributed by atoms with Crippen LogP contribution >= 0.6 is 54.5 Å². The monoisotopic (exact) mass is 350 g/mol. The van der Waals surface area contributed by atoms with Crippen LogP contribution in [0.5, 0.6) is 0 Å². The fourth-order valence-electron chi connectivity index (χ4n) is 1.28. The second-order valence-corrected chi connectivity index (χ2v) is 5.77.